The first-order chi connectivity index (χ1) is 14.3. The van der Waals surface area contributed by atoms with E-state index < -0.39 is 29.5 Å². The van der Waals surface area contributed by atoms with E-state index >= 15 is 4.39 Å². The number of carboxylic acid groups (broad SMARTS) is 1. The molecule has 0 aromatic heterocycles. The van der Waals surface area contributed by atoms with Gasteiger partial charge in [0.2, 0.25) is 0 Å². The molecule has 2 fully saturated rings. The maximum absolute atomic E-state index is 15.7. The molecular formula is C22H28FNO6. The van der Waals surface area contributed by atoms with Crippen LogP contribution in [0.1, 0.15) is 62.2 Å². The van der Waals surface area contributed by atoms with Crippen LogP contribution in [0.25, 0.3) is 0 Å². The molecule has 3 atom stereocenters. The first-order valence-electron chi connectivity index (χ1n) is 10.5. The van der Waals surface area contributed by atoms with E-state index in [9.17, 15) is 19.8 Å². The number of rotatable bonds is 4. The first-order valence-corrected chi connectivity index (χ1v) is 10.5. The van der Waals surface area contributed by atoms with Gasteiger partial charge in [0.05, 0.1) is 19.1 Å². The topological polar surface area (TPSA) is 96.3 Å². The molecule has 1 aromatic rings. The second-order valence-corrected chi connectivity index (χ2v) is 8.84. The number of benzene rings is 1. The van der Waals surface area contributed by atoms with Crippen LogP contribution in [0, 0.1) is 17.7 Å². The molecule has 1 saturated heterocycles. The van der Waals surface area contributed by atoms with Crippen LogP contribution in [0.3, 0.4) is 0 Å². The highest BCUT2D eigenvalue weighted by Crippen LogP contribution is 2.51. The summed E-state index contributed by atoms with van der Waals surface area (Å²) in [7, 11) is 1.33. The summed E-state index contributed by atoms with van der Waals surface area (Å²) in [6.45, 7) is 2.32. The van der Waals surface area contributed by atoms with Crippen molar-refractivity contribution in [3.05, 3.63) is 29.1 Å². The number of halogens is 1. The lowest BCUT2D eigenvalue weighted by molar-refractivity contribution is -0.145. The van der Waals surface area contributed by atoms with Gasteiger partial charge in [-0.25, -0.2) is 9.18 Å². The third-order valence-electron chi connectivity index (χ3n) is 6.95. The number of hydrogen-bond acceptors (Lipinski definition) is 5. The number of ether oxygens (including phenoxy) is 2. The zero-order chi connectivity index (χ0) is 21.6. The fraction of sp³-hybridized carbons (Fsp3) is 0.636. The number of nitrogens with zero attached hydrogens (tertiary/aromatic N) is 1. The average Bonchev–Trinajstić information content (AvgIpc) is 3.55. The molecule has 4 rings (SSSR count). The largest absolute Gasteiger partial charge is 0.484 e. The van der Waals surface area contributed by atoms with E-state index in [1.807, 2.05) is 0 Å². The molecular weight excluding hydrogens is 393 g/mol. The number of methoxy groups -OCH3 is 1. The Morgan fingerprint density at radius 3 is 2.53 bits per heavy atom. The number of likely N-dealkylation sites (tertiary alicyclic amines) is 1. The van der Waals surface area contributed by atoms with Crippen LogP contribution < -0.4 is 4.74 Å². The number of aliphatic hydroxyl groups is 1. The summed E-state index contributed by atoms with van der Waals surface area (Å²) in [6, 6.07) is 3.35. The number of fused-ring (bicyclic) bond motifs is 1. The molecule has 1 amide bonds. The van der Waals surface area contributed by atoms with E-state index in [4.69, 9.17) is 9.47 Å². The summed E-state index contributed by atoms with van der Waals surface area (Å²) < 4.78 is 26.8. The molecule has 1 aliphatic carbocycles. The molecule has 30 heavy (non-hydrogen) atoms. The van der Waals surface area contributed by atoms with E-state index in [0.717, 1.165) is 12.8 Å². The number of esters is 1. The second kappa shape index (κ2) is 7.72. The fourth-order valence-corrected chi connectivity index (χ4v) is 5.06. The molecule has 0 bridgehead atoms. The van der Waals surface area contributed by atoms with E-state index in [1.165, 1.54) is 12.0 Å². The van der Waals surface area contributed by atoms with Crippen LogP contribution in [-0.4, -0.2) is 53.0 Å². The van der Waals surface area contributed by atoms with Gasteiger partial charge in [0, 0.05) is 43.8 Å². The van der Waals surface area contributed by atoms with Crippen molar-refractivity contribution in [3.63, 3.8) is 0 Å². The Labute approximate surface area is 174 Å². The average molecular weight is 421 g/mol. The summed E-state index contributed by atoms with van der Waals surface area (Å²) in [6.07, 6.45) is 1.08. The molecule has 0 radical (unpaired) electrons. The number of aliphatic hydroxyl groups excluding tert-OH is 1. The van der Waals surface area contributed by atoms with E-state index in [1.54, 1.807) is 19.1 Å². The van der Waals surface area contributed by atoms with Gasteiger partial charge < -0.3 is 24.6 Å². The second-order valence-electron chi connectivity index (χ2n) is 8.84. The van der Waals surface area contributed by atoms with Gasteiger partial charge in [0.25, 0.3) is 0 Å². The zero-order valence-corrected chi connectivity index (χ0v) is 17.3. The molecule has 1 spiro atoms. The number of carbonyl (C=O) groups excluding carboxylic acids is 1. The predicted octanol–water partition coefficient (Wildman–Crippen LogP) is 3.46. The van der Waals surface area contributed by atoms with Crippen LogP contribution in [0.4, 0.5) is 9.18 Å². The van der Waals surface area contributed by atoms with Gasteiger partial charge in [0.15, 0.2) is 11.6 Å². The van der Waals surface area contributed by atoms with Crippen molar-refractivity contribution < 1.29 is 33.7 Å². The standard InChI is InChI=1S/C22H28FNO6/c1-12(20(26)29-2)17(13-3-4-13)15-6-5-14-16(25)11-22(30-19(14)18(15)23)7-9-24(10-8-22)21(27)28/h5-6,12-13,16-17,25H,3-4,7-11H2,1-2H3,(H,27,28)/t12-,16?,17-/m0/s1. The predicted molar refractivity (Wildman–Crippen MR) is 105 cm³/mol. The van der Waals surface area contributed by atoms with Gasteiger partial charge in [-0.3, -0.25) is 4.79 Å². The Kier molecular flexibility index (Phi) is 5.38. The molecule has 164 valence electrons. The van der Waals surface area contributed by atoms with Crippen molar-refractivity contribution in [2.75, 3.05) is 20.2 Å². The van der Waals surface area contributed by atoms with Gasteiger partial charge >= 0.3 is 12.1 Å². The Morgan fingerprint density at radius 1 is 1.30 bits per heavy atom. The summed E-state index contributed by atoms with van der Waals surface area (Å²) >= 11 is 0. The normalized spacial score (nSPS) is 24.5. The third kappa shape index (κ3) is 3.62. The lowest BCUT2D eigenvalue weighted by atomic mass is 9.79. The highest BCUT2D eigenvalue weighted by molar-refractivity contribution is 5.73. The van der Waals surface area contributed by atoms with Crippen molar-refractivity contribution in [2.24, 2.45) is 11.8 Å². The minimum atomic E-state index is -0.987. The maximum Gasteiger partial charge on any atom is 0.407 e. The minimum Gasteiger partial charge on any atom is -0.484 e. The van der Waals surface area contributed by atoms with E-state index in [2.05, 4.69) is 0 Å². The number of amides is 1. The van der Waals surface area contributed by atoms with Crippen LogP contribution in [0.2, 0.25) is 0 Å². The third-order valence-corrected chi connectivity index (χ3v) is 6.95. The van der Waals surface area contributed by atoms with Gasteiger partial charge in [-0.05, 0) is 24.3 Å². The molecule has 2 heterocycles. The first kappa shape index (κ1) is 20.9. The highest BCUT2D eigenvalue weighted by atomic mass is 19.1. The Morgan fingerprint density at radius 2 is 1.97 bits per heavy atom. The molecule has 1 saturated carbocycles. The maximum atomic E-state index is 15.7. The Hall–Kier alpha value is -2.35. The lowest BCUT2D eigenvalue weighted by Gasteiger charge is -2.45. The Bertz CT molecular complexity index is 846. The summed E-state index contributed by atoms with van der Waals surface area (Å²) in [5.41, 5.74) is 0.0325. The van der Waals surface area contributed by atoms with Crippen LogP contribution in [0.15, 0.2) is 12.1 Å². The Balaban J connectivity index is 1.66. The molecule has 2 N–H and O–H groups in total. The molecule has 7 nitrogen and oxygen atoms in total. The van der Waals surface area contributed by atoms with Gasteiger partial charge in [-0.2, -0.15) is 0 Å². The molecule has 3 aliphatic rings. The zero-order valence-electron chi connectivity index (χ0n) is 17.3. The summed E-state index contributed by atoms with van der Waals surface area (Å²) in [5, 5.41) is 19.9. The highest BCUT2D eigenvalue weighted by Gasteiger charge is 2.46. The van der Waals surface area contributed by atoms with Crippen molar-refractivity contribution in [3.8, 4) is 5.75 Å². The monoisotopic (exact) mass is 421 g/mol. The summed E-state index contributed by atoms with van der Waals surface area (Å²) in [4.78, 5) is 24.7. The number of carbonyl (C=O) groups is 2. The number of hydrogen-bond donors (Lipinski definition) is 2. The fourth-order valence-electron chi connectivity index (χ4n) is 5.06. The van der Waals surface area contributed by atoms with Gasteiger partial charge in [-0.15, -0.1) is 0 Å². The van der Waals surface area contributed by atoms with Gasteiger partial charge in [-0.1, -0.05) is 19.1 Å². The molecule has 1 aromatic carbocycles. The van der Waals surface area contributed by atoms with Crippen LogP contribution in [-0.2, 0) is 9.53 Å². The molecule has 2 aliphatic heterocycles. The van der Waals surface area contributed by atoms with E-state index in [-0.39, 0.29) is 36.6 Å². The molecule has 1 unspecified atom stereocenters. The summed E-state index contributed by atoms with van der Waals surface area (Å²) in [5.74, 6) is -1.45. The van der Waals surface area contributed by atoms with Crippen molar-refractivity contribution in [1.82, 2.24) is 4.90 Å². The van der Waals surface area contributed by atoms with Crippen LogP contribution >= 0.6 is 0 Å². The van der Waals surface area contributed by atoms with E-state index in [0.29, 0.717) is 30.4 Å². The number of piperidine rings is 1. The molecule has 8 heteroatoms. The minimum absolute atomic E-state index is 0.0396. The van der Waals surface area contributed by atoms with Crippen LogP contribution in [0.5, 0.6) is 5.75 Å². The van der Waals surface area contributed by atoms with Crippen molar-refractivity contribution in [1.29, 1.82) is 0 Å². The quantitative estimate of drug-likeness (QED) is 0.723. The lowest BCUT2D eigenvalue weighted by Crippen LogP contribution is -2.51. The SMILES string of the molecule is COC(=O)[C@@H](C)[C@H](c1ccc2c(c1F)OC1(CCN(C(=O)O)CC1)CC2O)C1CC1. The van der Waals surface area contributed by atoms with Crippen molar-refractivity contribution >= 4 is 12.1 Å². The smallest absolute Gasteiger partial charge is 0.407 e. The van der Waals surface area contributed by atoms with Crippen molar-refractivity contribution in [2.45, 2.75) is 56.7 Å². The van der Waals surface area contributed by atoms with Gasteiger partial charge in [0.1, 0.15) is 5.60 Å².